The number of nitrogens with one attached hydrogen (secondary N) is 1. The number of halogens is 1. The van der Waals surface area contributed by atoms with E-state index in [9.17, 15) is 0 Å². The number of hydrogen-bond acceptors (Lipinski definition) is 1. The van der Waals surface area contributed by atoms with Crippen molar-refractivity contribution in [3.05, 3.63) is 36.0 Å². The van der Waals surface area contributed by atoms with Crippen LogP contribution in [0.15, 0.2) is 30.5 Å². The van der Waals surface area contributed by atoms with Gasteiger partial charge >= 0.3 is 0 Å². The molecule has 0 amide bonds. The maximum absolute atomic E-state index is 5.60. The molecular weight excluding hydrogens is 196 g/mol. The molecule has 0 saturated heterocycles. The summed E-state index contributed by atoms with van der Waals surface area (Å²) in [6.45, 7) is 0. The summed E-state index contributed by atoms with van der Waals surface area (Å²) in [4.78, 5) is 0. The largest absolute Gasteiger partial charge is 0.278 e. The molecule has 0 unspecified atom stereocenters. The lowest BCUT2D eigenvalue weighted by atomic mass is 10.1. The van der Waals surface area contributed by atoms with E-state index in [2.05, 4.69) is 28.4 Å². The maximum Gasteiger partial charge on any atom is 0.0656 e. The lowest BCUT2D eigenvalue weighted by molar-refractivity contribution is 1.12. The molecular formula is C11H11ClN2. The Morgan fingerprint density at radius 3 is 3.21 bits per heavy atom. The fraction of sp³-hybridized carbons (Fsp3) is 0.182. The van der Waals surface area contributed by atoms with E-state index >= 15 is 0 Å². The molecule has 0 radical (unpaired) electrons. The lowest BCUT2D eigenvalue weighted by Crippen LogP contribution is -1.74. The quantitative estimate of drug-likeness (QED) is 0.768. The molecule has 1 N–H and O–H groups in total. The van der Waals surface area contributed by atoms with Gasteiger partial charge in [0.1, 0.15) is 0 Å². The normalized spacial score (nSPS) is 11.5. The minimum atomic E-state index is 0.665. The van der Waals surface area contributed by atoms with Crippen molar-refractivity contribution in [1.29, 1.82) is 0 Å². The second-order valence-electron chi connectivity index (χ2n) is 3.06. The minimum absolute atomic E-state index is 0.665. The van der Waals surface area contributed by atoms with Gasteiger partial charge in [-0.15, -0.1) is 11.6 Å². The van der Waals surface area contributed by atoms with Gasteiger partial charge in [0.15, 0.2) is 0 Å². The number of H-pyrrole nitrogens is 1. The van der Waals surface area contributed by atoms with E-state index < -0.39 is 0 Å². The monoisotopic (exact) mass is 206 g/mol. The van der Waals surface area contributed by atoms with Crippen molar-refractivity contribution < 1.29 is 0 Å². The summed E-state index contributed by atoms with van der Waals surface area (Å²) in [5, 5.41) is 8.10. The van der Waals surface area contributed by atoms with Crippen LogP contribution in [-0.4, -0.2) is 16.1 Å². The van der Waals surface area contributed by atoms with Crippen molar-refractivity contribution in [3.63, 3.8) is 0 Å². The Labute approximate surface area is 87.6 Å². The van der Waals surface area contributed by atoms with Gasteiger partial charge in [0, 0.05) is 11.3 Å². The van der Waals surface area contributed by atoms with Crippen LogP contribution in [0.1, 0.15) is 12.0 Å². The second kappa shape index (κ2) is 4.29. The molecule has 0 atom stereocenters. The SMILES string of the molecule is ClCCC=Cc1cccc2[nH]ncc12. The van der Waals surface area contributed by atoms with Crippen LogP contribution in [0.3, 0.4) is 0 Å². The van der Waals surface area contributed by atoms with Crippen molar-refractivity contribution in [2.24, 2.45) is 0 Å². The smallest absolute Gasteiger partial charge is 0.0656 e. The number of alkyl halides is 1. The molecule has 0 fully saturated rings. The maximum atomic E-state index is 5.60. The lowest BCUT2D eigenvalue weighted by Gasteiger charge is -1.94. The Morgan fingerprint density at radius 1 is 1.43 bits per heavy atom. The summed E-state index contributed by atoms with van der Waals surface area (Å²) in [6.07, 6.45) is 6.90. The van der Waals surface area contributed by atoms with Crippen LogP contribution < -0.4 is 0 Å². The van der Waals surface area contributed by atoms with Gasteiger partial charge < -0.3 is 0 Å². The first-order chi connectivity index (χ1) is 6.92. The highest BCUT2D eigenvalue weighted by atomic mass is 35.5. The van der Waals surface area contributed by atoms with Gasteiger partial charge in [0.2, 0.25) is 0 Å². The first-order valence-corrected chi connectivity index (χ1v) is 5.10. The molecule has 2 aromatic rings. The van der Waals surface area contributed by atoms with Gasteiger partial charge in [-0.3, -0.25) is 5.10 Å². The highest BCUT2D eigenvalue weighted by molar-refractivity contribution is 6.17. The van der Waals surface area contributed by atoms with E-state index in [0.29, 0.717) is 5.88 Å². The average Bonchev–Trinajstić information content (AvgIpc) is 2.67. The molecule has 1 heterocycles. The summed E-state index contributed by atoms with van der Waals surface area (Å²) >= 11 is 5.60. The first kappa shape index (κ1) is 9.28. The van der Waals surface area contributed by atoms with Crippen molar-refractivity contribution in [3.8, 4) is 0 Å². The summed E-state index contributed by atoms with van der Waals surface area (Å²) in [6, 6.07) is 6.10. The number of fused-ring (bicyclic) bond motifs is 1. The van der Waals surface area contributed by atoms with Gasteiger partial charge in [-0.2, -0.15) is 5.10 Å². The zero-order valence-corrected chi connectivity index (χ0v) is 8.46. The van der Waals surface area contributed by atoms with Crippen molar-refractivity contribution in [2.45, 2.75) is 6.42 Å². The van der Waals surface area contributed by atoms with Crippen LogP contribution >= 0.6 is 11.6 Å². The number of benzene rings is 1. The van der Waals surface area contributed by atoms with Crippen LogP contribution in [0.4, 0.5) is 0 Å². The average molecular weight is 207 g/mol. The highest BCUT2D eigenvalue weighted by Crippen LogP contribution is 2.17. The third-order valence-electron chi connectivity index (χ3n) is 2.09. The van der Waals surface area contributed by atoms with Crippen LogP contribution in [0.5, 0.6) is 0 Å². The van der Waals surface area contributed by atoms with E-state index in [1.165, 1.54) is 5.56 Å². The third-order valence-corrected chi connectivity index (χ3v) is 2.31. The third kappa shape index (κ3) is 1.80. The number of aromatic amines is 1. The first-order valence-electron chi connectivity index (χ1n) is 4.56. The predicted octanol–water partition coefficient (Wildman–Crippen LogP) is 3.21. The van der Waals surface area contributed by atoms with Crippen LogP contribution in [0, 0.1) is 0 Å². The summed E-state index contributed by atoms with van der Waals surface area (Å²) in [5.41, 5.74) is 2.25. The number of nitrogens with zero attached hydrogens (tertiary/aromatic N) is 1. The Morgan fingerprint density at radius 2 is 2.36 bits per heavy atom. The molecule has 2 rings (SSSR count). The Hall–Kier alpha value is -1.28. The Kier molecular flexibility index (Phi) is 2.84. The van der Waals surface area contributed by atoms with E-state index in [-0.39, 0.29) is 0 Å². The topological polar surface area (TPSA) is 28.7 Å². The second-order valence-corrected chi connectivity index (χ2v) is 3.44. The number of allylic oxidation sites excluding steroid dienone is 1. The van der Waals surface area contributed by atoms with Crippen molar-refractivity contribution >= 4 is 28.6 Å². The zero-order valence-electron chi connectivity index (χ0n) is 7.70. The number of rotatable bonds is 3. The van der Waals surface area contributed by atoms with Gasteiger partial charge in [-0.05, 0) is 18.1 Å². The molecule has 14 heavy (non-hydrogen) atoms. The van der Waals surface area contributed by atoms with Crippen LogP contribution in [-0.2, 0) is 0 Å². The molecule has 1 aromatic carbocycles. The summed E-state index contributed by atoms with van der Waals surface area (Å²) in [7, 11) is 0. The standard InChI is InChI=1S/C11H11ClN2/c12-7-2-1-4-9-5-3-6-11-10(9)8-13-14-11/h1,3-6,8H,2,7H2,(H,13,14). The van der Waals surface area contributed by atoms with Crippen molar-refractivity contribution in [2.75, 3.05) is 5.88 Å². The van der Waals surface area contributed by atoms with E-state index in [1.807, 2.05) is 18.3 Å². The Bertz CT molecular complexity index is 445. The minimum Gasteiger partial charge on any atom is -0.278 e. The number of hydrogen-bond donors (Lipinski definition) is 1. The molecule has 0 bridgehead atoms. The molecule has 0 aliphatic heterocycles. The molecule has 72 valence electrons. The molecule has 0 aliphatic carbocycles. The fourth-order valence-corrected chi connectivity index (χ4v) is 1.54. The zero-order chi connectivity index (χ0) is 9.80. The van der Waals surface area contributed by atoms with Gasteiger partial charge in [0.05, 0.1) is 11.7 Å². The summed E-state index contributed by atoms with van der Waals surface area (Å²) < 4.78 is 0. The van der Waals surface area contributed by atoms with Crippen molar-refractivity contribution in [1.82, 2.24) is 10.2 Å². The molecule has 0 spiro atoms. The predicted molar refractivity (Wildman–Crippen MR) is 60.5 cm³/mol. The molecule has 0 aliphatic rings. The fourth-order valence-electron chi connectivity index (χ4n) is 1.41. The number of aromatic nitrogens is 2. The highest BCUT2D eigenvalue weighted by Gasteiger charge is 1.97. The van der Waals surface area contributed by atoms with E-state index in [0.717, 1.165) is 17.3 Å². The van der Waals surface area contributed by atoms with Gasteiger partial charge in [-0.25, -0.2) is 0 Å². The van der Waals surface area contributed by atoms with E-state index in [1.54, 1.807) is 0 Å². The Balaban J connectivity index is 2.36. The molecule has 2 nitrogen and oxygen atoms in total. The summed E-state index contributed by atoms with van der Waals surface area (Å²) in [5.74, 6) is 0.665. The van der Waals surface area contributed by atoms with Crippen LogP contribution in [0.2, 0.25) is 0 Å². The van der Waals surface area contributed by atoms with Gasteiger partial charge in [0.25, 0.3) is 0 Å². The van der Waals surface area contributed by atoms with E-state index in [4.69, 9.17) is 11.6 Å². The molecule has 3 heteroatoms. The van der Waals surface area contributed by atoms with Gasteiger partial charge in [-0.1, -0.05) is 24.3 Å². The molecule has 1 aromatic heterocycles. The molecule has 0 saturated carbocycles. The van der Waals surface area contributed by atoms with Crippen LogP contribution in [0.25, 0.3) is 17.0 Å².